The van der Waals surface area contributed by atoms with E-state index in [-0.39, 0.29) is 5.41 Å². The Morgan fingerprint density at radius 1 is 1.35 bits per heavy atom. The van der Waals surface area contributed by atoms with E-state index in [1.807, 2.05) is 32.0 Å². The minimum absolute atomic E-state index is 0.294. The summed E-state index contributed by atoms with van der Waals surface area (Å²) in [6.45, 7) is 5.07. The number of nitriles is 1. The summed E-state index contributed by atoms with van der Waals surface area (Å²) in [5.74, 6) is 1.60. The maximum Gasteiger partial charge on any atom is 0.126 e. The molecule has 0 aromatic heterocycles. The molecule has 0 saturated heterocycles. The van der Waals surface area contributed by atoms with Gasteiger partial charge >= 0.3 is 0 Å². The van der Waals surface area contributed by atoms with Crippen molar-refractivity contribution in [2.75, 3.05) is 20.3 Å². The van der Waals surface area contributed by atoms with Gasteiger partial charge in [0.2, 0.25) is 0 Å². The van der Waals surface area contributed by atoms with Crippen LogP contribution in [0.4, 0.5) is 0 Å². The first-order chi connectivity index (χ1) is 9.52. The molecule has 0 amide bonds. The number of rotatable bonds is 8. The number of nitrogens with two attached hydrogens (primary N) is 1. The fourth-order valence-electron chi connectivity index (χ4n) is 1.91. The van der Waals surface area contributed by atoms with Gasteiger partial charge in [-0.2, -0.15) is 5.26 Å². The van der Waals surface area contributed by atoms with Crippen LogP contribution in [0.3, 0.4) is 0 Å². The van der Waals surface area contributed by atoms with Crippen LogP contribution >= 0.6 is 0 Å². The van der Waals surface area contributed by atoms with Crippen LogP contribution in [-0.4, -0.2) is 20.3 Å². The van der Waals surface area contributed by atoms with Gasteiger partial charge in [0.05, 0.1) is 25.2 Å². The Balaban J connectivity index is 2.59. The van der Waals surface area contributed by atoms with E-state index in [2.05, 4.69) is 6.07 Å². The monoisotopic (exact) mass is 276 g/mol. The summed E-state index contributed by atoms with van der Waals surface area (Å²) < 4.78 is 11.0. The van der Waals surface area contributed by atoms with Crippen LogP contribution in [0.1, 0.15) is 32.3 Å². The Labute approximate surface area is 121 Å². The number of ether oxygens (including phenoxy) is 2. The minimum Gasteiger partial charge on any atom is -0.497 e. The lowest BCUT2D eigenvalue weighted by Crippen LogP contribution is -2.11. The molecule has 2 N–H and O–H groups in total. The molecule has 0 aliphatic heterocycles. The van der Waals surface area contributed by atoms with Crippen LogP contribution in [0.2, 0.25) is 0 Å². The van der Waals surface area contributed by atoms with Crippen molar-refractivity contribution in [3.05, 3.63) is 23.8 Å². The Morgan fingerprint density at radius 3 is 2.70 bits per heavy atom. The topological polar surface area (TPSA) is 68.3 Å². The van der Waals surface area contributed by atoms with Gasteiger partial charge in [-0.3, -0.25) is 0 Å². The van der Waals surface area contributed by atoms with Crippen LogP contribution in [0.25, 0.3) is 0 Å². The molecule has 20 heavy (non-hydrogen) atoms. The van der Waals surface area contributed by atoms with E-state index in [1.54, 1.807) is 7.11 Å². The second-order valence-corrected chi connectivity index (χ2v) is 5.46. The van der Waals surface area contributed by atoms with E-state index < -0.39 is 0 Å². The molecule has 0 heterocycles. The largest absolute Gasteiger partial charge is 0.497 e. The molecule has 4 heteroatoms. The molecule has 0 fully saturated rings. The first kappa shape index (κ1) is 16.3. The molecule has 0 bridgehead atoms. The summed E-state index contributed by atoms with van der Waals surface area (Å²) in [6, 6.07) is 8.09. The van der Waals surface area contributed by atoms with E-state index in [0.29, 0.717) is 13.2 Å². The van der Waals surface area contributed by atoms with E-state index in [9.17, 15) is 0 Å². The van der Waals surface area contributed by atoms with Gasteiger partial charge in [-0.05, 0) is 51.3 Å². The number of hydrogen-bond acceptors (Lipinski definition) is 4. The summed E-state index contributed by atoms with van der Waals surface area (Å²) >= 11 is 0. The van der Waals surface area contributed by atoms with E-state index in [1.165, 1.54) is 0 Å². The van der Waals surface area contributed by atoms with E-state index in [4.69, 9.17) is 20.5 Å². The lowest BCUT2D eigenvalue weighted by Gasteiger charge is -2.16. The molecule has 1 aromatic carbocycles. The molecule has 0 spiro atoms. The van der Waals surface area contributed by atoms with Crippen molar-refractivity contribution in [2.24, 2.45) is 11.1 Å². The molecule has 0 radical (unpaired) electrons. The summed E-state index contributed by atoms with van der Waals surface area (Å²) in [7, 11) is 1.64. The van der Waals surface area contributed by atoms with Crippen LogP contribution < -0.4 is 15.2 Å². The second-order valence-electron chi connectivity index (χ2n) is 5.46. The lowest BCUT2D eigenvalue weighted by atomic mass is 9.90. The molecule has 4 nitrogen and oxygen atoms in total. The average molecular weight is 276 g/mol. The highest BCUT2D eigenvalue weighted by atomic mass is 16.5. The minimum atomic E-state index is -0.294. The quantitative estimate of drug-likeness (QED) is 0.741. The predicted octanol–water partition coefficient (Wildman–Crippen LogP) is 2.91. The van der Waals surface area contributed by atoms with E-state index in [0.717, 1.165) is 36.3 Å². The maximum absolute atomic E-state index is 8.97. The Bertz CT molecular complexity index is 464. The van der Waals surface area contributed by atoms with Crippen molar-refractivity contribution in [1.82, 2.24) is 0 Å². The Morgan fingerprint density at radius 2 is 2.10 bits per heavy atom. The molecule has 0 atom stereocenters. The summed E-state index contributed by atoms with van der Waals surface area (Å²) in [6.07, 6.45) is 2.45. The second kappa shape index (κ2) is 7.76. The number of methoxy groups -OCH3 is 1. The highest BCUT2D eigenvalue weighted by molar-refractivity contribution is 5.41. The molecule has 0 unspecified atom stereocenters. The van der Waals surface area contributed by atoms with Crippen LogP contribution in [0.15, 0.2) is 18.2 Å². The summed E-state index contributed by atoms with van der Waals surface area (Å²) in [5, 5.41) is 8.97. The van der Waals surface area contributed by atoms with Gasteiger partial charge in [-0.15, -0.1) is 0 Å². The summed E-state index contributed by atoms with van der Waals surface area (Å²) in [5.41, 5.74) is 6.40. The Hall–Kier alpha value is -1.73. The zero-order valence-corrected chi connectivity index (χ0v) is 12.6. The van der Waals surface area contributed by atoms with Gasteiger partial charge in [0.15, 0.2) is 0 Å². The zero-order valence-electron chi connectivity index (χ0n) is 12.6. The third-order valence-electron chi connectivity index (χ3n) is 3.19. The first-order valence-corrected chi connectivity index (χ1v) is 6.93. The normalized spacial score (nSPS) is 10.9. The number of benzene rings is 1. The molecule has 0 aliphatic carbocycles. The number of nitrogens with zero attached hydrogens (tertiary/aromatic N) is 1. The molecule has 0 aliphatic rings. The zero-order chi connectivity index (χ0) is 15.0. The van der Waals surface area contributed by atoms with Gasteiger partial charge in [0.1, 0.15) is 11.5 Å². The van der Waals surface area contributed by atoms with Crippen molar-refractivity contribution in [3.8, 4) is 17.6 Å². The van der Waals surface area contributed by atoms with Crippen molar-refractivity contribution in [3.63, 3.8) is 0 Å². The summed E-state index contributed by atoms with van der Waals surface area (Å²) in [4.78, 5) is 0. The highest BCUT2D eigenvalue weighted by Crippen LogP contribution is 2.26. The van der Waals surface area contributed by atoms with Crippen molar-refractivity contribution >= 4 is 0 Å². The molecule has 1 aromatic rings. The van der Waals surface area contributed by atoms with Crippen molar-refractivity contribution < 1.29 is 9.47 Å². The van der Waals surface area contributed by atoms with Crippen LogP contribution in [-0.2, 0) is 6.42 Å². The third-order valence-corrected chi connectivity index (χ3v) is 3.19. The predicted molar refractivity (Wildman–Crippen MR) is 79.9 cm³/mol. The Kier molecular flexibility index (Phi) is 6.33. The van der Waals surface area contributed by atoms with Gasteiger partial charge in [0.25, 0.3) is 0 Å². The fourth-order valence-corrected chi connectivity index (χ4v) is 1.91. The lowest BCUT2D eigenvalue weighted by molar-refractivity contribution is 0.280. The first-order valence-electron chi connectivity index (χ1n) is 6.93. The van der Waals surface area contributed by atoms with Crippen molar-refractivity contribution in [1.29, 1.82) is 5.26 Å². The average Bonchev–Trinajstić information content (AvgIpc) is 2.45. The SMILES string of the molecule is COc1ccc(CCN)c(OCCCC(C)(C)C#N)c1. The van der Waals surface area contributed by atoms with Gasteiger partial charge in [-0.1, -0.05) is 6.07 Å². The molecule has 110 valence electrons. The molecular weight excluding hydrogens is 252 g/mol. The van der Waals surface area contributed by atoms with Crippen LogP contribution in [0, 0.1) is 16.7 Å². The van der Waals surface area contributed by atoms with Gasteiger partial charge < -0.3 is 15.2 Å². The smallest absolute Gasteiger partial charge is 0.126 e. The van der Waals surface area contributed by atoms with Gasteiger partial charge in [0, 0.05) is 6.07 Å². The fraction of sp³-hybridized carbons (Fsp3) is 0.562. The van der Waals surface area contributed by atoms with Crippen LogP contribution in [0.5, 0.6) is 11.5 Å². The third kappa shape index (κ3) is 5.10. The molecule has 1 rings (SSSR count). The standard InChI is InChI=1S/C16H24N2O2/c1-16(2,12-18)8-4-10-20-15-11-14(19-3)6-5-13(15)7-9-17/h5-6,11H,4,7-10,17H2,1-3H3. The highest BCUT2D eigenvalue weighted by Gasteiger charge is 2.16. The number of hydrogen-bond donors (Lipinski definition) is 1. The molecular formula is C16H24N2O2. The molecule has 0 saturated carbocycles. The van der Waals surface area contributed by atoms with Crippen molar-refractivity contribution in [2.45, 2.75) is 33.1 Å². The van der Waals surface area contributed by atoms with Gasteiger partial charge in [-0.25, -0.2) is 0 Å². The maximum atomic E-state index is 8.97. The van der Waals surface area contributed by atoms with E-state index >= 15 is 0 Å².